The van der Waals surface area contributed by atoms with Crippen LogP contribution in [0.15, 0.2) is 0 Å². The molecular weight excluding hydrogens is 311 g/mol. The minimum atomic E-state index is -6.70. The first-order chi connectivity index (χ1) is 8.25. The molecule has 114 valence electrons. The van der Waals surface area contributed by atoms with Crippen molar-refractivity contribution in [2.75, 3.05) is 20.2 Å². The van der Waals surface area contributed by atoms with E-state index in [2.05, 4.69) is 4.74 Å². The lowest BCUT2D eigenvalue weighted by atomic mass is 10.3. The van der Waals surface area contributed by atoms with Crippen LogP contribution in [0.25, 0.3) is 0 Å². The Hall–Kier alpha value is -0.620. The van der Waals surface area contributed by atoms with E-state index in [0.717, 1.165) is 0 Å². The van der Waals surface area contributed by atoms with Crippen molar-refractivity contribution in [2.24, 2.45) is 0 Å². The second-order valence-electron chi connectivity index (χ2n) is 3.83. The Kier molecular flexibility index (Phi) is 3.85. The standard InChI is InChI=1S/C7H8F7NO3S/c1-15(2-4-3-18-4)19(16,17)7(13,14)5(8,9)6(10,11)12/h4H,2-3H2,1H3. The number of sulfonamides is 1. The minimum Gasteiger partial charge on any atom is -0.372 e. The average Bonchev–Trinajstić information content (AvgIpc) is 2.99. The van der Waals surface area contributed by atoms with Gasteiger partial charge in [-0.05, 0) is 0 Å². The molecule has 4 nitrogen and oxygen atoms in total. The van der Waals surface area contributed by atoms with Crippen molar-refractivity contribution in [2.45, 2.75) is 23.5 Å². The monoisotopic (exact) mass is 319 g/mol. The highest BCUT2D eigenvalue weighted by Crippen LogP contribution is 2.49. The number of hydrogen-bond donors (Lipinski definition) is 0. The average molecular weight is 319 g/mol. The molecule has 0 aromatic heterocycles. The molecule has 0 amide bonds. The fourth-order valence-corrected chi connectivity index (χ4v) is 2.27. The SMILES string of the molecule is CN(CC1CO1)S(=O)(=O)C(F)(F)C(F)(F)C(F)(F)F. The molecule has 0 bridgehead atoms. The Morgan fingerprint density at radius 1 is 1.16 bits per heavy atom. The van der Waals surface area contributed by atoms with E-state index < -0.39 is 40.0 Å². The Morgan fingerprint density at radius 2 is 1.58 bits per heavy atom. The van der Waals surface area contributed by atoms with Gasteiger partial charge in [-0.1, -0.05) is 0 Å². The molecule has 1 fully saturated rings. The molecule has 0 aromatic carbocycles. The van der Waals surface area contributed by atoms with Crippen LogP contribution < -0.4 is 0 Å². The maximum atomic E-state index is 13.1. The second kappa shape index (κ2) is 4.45. The quantitative estimate of drug-likeness (QED) is 0.569. The third-order valence-corrected chi connectivity index (χ3v) is 4.19. The Balaban J connectivity index is 3.09. The van der Waals surface area contributed by atoms with Crippen LogP contribution in [0, 0.1) is 0 Å². The van der Waals surface area contributed by atoms with Crippen LogP contribution in [0.4, 0.5) is 30.7 Å². The van der Waals surface area contributed by atoms with Crippen LogP contribution in [0.2, 0.25) is 0 Å². The van der Waals surface area contributed by atoms with Crippen molar-refractivity contribution in [3.05, 3.63) is 0 Å². The van der Waals surface area contributed by atoms with Crippen LogP contribution in [0.5, 0.6) is 0 Å². The van der Waals surface area contributed by atoms with Crippen molar-refractivity contribution in [3.63, 3.8) is 0 Å². The molecule has 0 aromatic rings. The molecule has 1 aliphatic heterocycles. The van der Waals surface area contributed by atoms with Gasteiger partial charge in [0.1, 0.15) is 0 Å². The number of nitrogens with zero attached hydrogens (tertiary/aromatic N) is 1. The normalized spacial score (nSPS) is 21.8. The third-order valence-electron chi connectivity index (χ3n) is 2.32. The van der Waals surface area contributed by atoms with E-state index in [0.29, 0.717) is 7.05 Å². The highest BCUT2D eigenvalue weighted by atomic mass is 32.2. The number of alkyl halides is 7. The van der Waals surface area contributed by atoms with Gasteiger partial charge < -0.3 is 4.74 Å². The zero-order valence-corrected chi connectivity index (χ0v) is 10.0. The first-order valence-electron chi connectivity index (χ1n) is 4.65. The van der Waals surface area contributed by atoms with Crippen molar-refractivity contribution in [1.29, 1.82) is 0 Å². The highest BCUT2D eigenvalue weighted by Gasteiger charge is 2.79. The van der Waals surface area contributed by atoms with Crippen LogP contribution in [-0.4, -0.2) is 56.4 Å². The number of rotatable bonds is 5. The summed E-state index contributed by atoms with van der Waals surface area (Å²) in [5.41, 5.74) is 0. The molecule has 1 aliphatic rings. The fourth-order valence-electron chi connectivity index (χ4n) is 1.08. The molecule has 1 heterocycles. The number of epoxide rings is 1. The Bertz CT molecular complexity index is 442. The number of halogens is 7. The molecule has 1 unspecified atom stereocenters. The summed E-state index contributed by atoms with van der Waals surface area (Å²) in [7, 11) is -5.71. The molecule has 0 radical (unpaired) electrons. The van der Waals surface area contributed by atoms with Crippen molar-refractivity contribution < 1.29 is 43.9 Å². The zero-order valence-electron chi connectivity index (χ0n) is 9.22. The van der Waals surface area contributed by atoms with E-state index in [1.807, 2.05) is 0 Å². The summed E-state index contributed by atoms with van der Waals surface area (Å²) in [5, 5.41) is -6.30. The highest BCUT2D eigenvalue weighted by molar-refractivity contribution is 7.90. The van der Waals surface area contributed by atoms with Crippen molar-refractivity contribution in [1.82, 2.24) is 4.31 Å². The van der Waals surface area contributed by atoms with E-state index in [4.69, 9.17) is 0 Å². The van der Waals surface area contributed by atoms with Gasteiger partial charge in [0, 0.05) is 13.6 Å². The van der Waals surface area contributed by atoms with Crippen LogP contribution in [0.3, 0.4) is 0 Å². The van der Waals surface area contributed by atoms with Gasteiger partial charge in [0.25, 0.3) is 10.0 Å². The summed E-state index contributed by atoms with van der Waals surface area (Å²) in [4.78, 5) is 0. The third kappa shape index (κ3) is 2.65. The Morgan fingerprint density at radius 3 is 1.89 bits per heavy atom. The lowest BCUT2D eigenvalue weighted by Crippen LogP contribution is -2.59. The summed E-state index contributed by atoms with van der Waals surface area (Å²) in [5.74, 6) is -6.70. The lowest BCUT2D eigenvalue weighted by molar-refractivity contribution is -0.332. The lowest BCUT2D eigenvalue weighted by Gasteiger charge is -2.30. The maximum Gasteiger partial charge on any atom is 0.461 e. The summed E-state index contributed by atoms with van der Waals surface area (Å²) < 4.78 is 113. The molecule has 0 N–H and O–H groups in total. The molecule has 1 rings (SSSR count). The van der Waals surface area contributed by atoms with Gasteiger partial charge in [0.15, 0.2) is 0 Å². The first-order valence-corrected chi connectivity index (χ1v) is 6.09. The van der Waals surface area contributed by atoms with Crippen LogP contribution >= 0.6 is 0 Å². The van der Waals surface area contributed by atoms with E-state index in [1.54, 1.807) is 0 Å². The molecule has 1 atom stereocenters. The van der Waals surface area contributed by atoms with Crippen molar-refractivity contribution in [3.8, 4) is 0 Å². The predicted molar refractivity (Wildman–Crippen MR) is 47.2 cm³/mol. The Labute approximate surface area is 103 Å². The molecule has 0 saturated carbocycles. The number of ether oxygens (including phenoxy) is 1. The van der Waals surface area contributed by atoms with E-state index >= 15 is 0 Å². The maximum absolute atomic E-state index is 13.1. The second-order valence-corrected chi connectivity index (χ2v) is 5.92. The molecule has 0 spiro atoms. The minimum absolute atomic E-state index is 0.0150. The number of likely N-dealkylation sites (N-methyl/N-ethyl adjacent to an activating group) is 1. The fraction of sp³-hybridized carbons (Fsp3) is 1.00. The van der Waals surface area contributed by atoms with Gasteiger partial charge in [-0.2, -0.15) is 35.0 Å². The largest absolute Gasteiger partial charge is 0.461 e. The van der Waals surface area contributed by atoms with Gasteiger partial charge in [-0.3, -0.25) is 0 Å². The zero-order chi connectivity index (χ0) is 15.3. The first kappa shape index (κ1) is 16.4. The van der Waals surface area contributed by atoms with E-state index in [-0.39, 0.29) is 10.9 Å². The summed E-state index contributed by atoms with van der Waals surface area (Å²) >= 11 is 0. The number of hydrogen-bond acceptors (Lipinski definition) is 3. The van der Waals surface area contributed by atoms with Gasteiger partial charge >= 0.3 is 17.4 Å². The summed E-state index contributed by atoms with van der Waals surface area (Å²) in [6, 6.07) is 0. The van der Waals surface area contributed by atoms with Crippen LogP contribution in [-0.2, 0) is 14.8 Å². The molecule has 0 aliphatic carbocycles. The molecule has 1 saturated heterocycles. The topological polar surface area (TPSA) is 49.9 Å². The van der Waals surface area contributed by atoms with Gasteiger partial charge in [-0.15, -0.1) is 0 Å². The van der Waals surface area contributed by atoms with Gasteiger partial charge in [0.2, 0.25) is 0 Å². The molecule has 19 heavy (non-hydrogen) atoms. The van der Waals surface area contributed by atoms with Crippen LogP contribution in [0.1, 0.15) is 0 Å². The summed E-state index contributed by atoms with van der Waals surface area (Å²) in [6.07, 6.45) is -7.48. The van der Waals surface area contributed by atoms with E-state index in [1.165, 1.54) is 0 Å². The summed E-state index contributed by atoms with van der Waals surface area (Å²) in [6.45, 7) is -0.715. The van der Waals surface area contributed by atoms with Gasteiger partial charge in [0.05, 0.1) is 12.7 Å². The predicted octanol–water partition coefficient (Wildman–Crippen LogP) is 1.44. The smallest absolute Gasteiger partial charge is 0.372 e. The van der Waals surface area contributed by atoms with E-state index in [9.17, 15) is 39.2 Å². The van der Waals surface area contributed by atoms with Crippen molar-refractivity contribution >= 4 is 10.0 Å². The van der Waals surface area contributed by atoms with Gasteiger partial charge in [-0.25, -0.2) is 8.42 Å². The molecule has 12 heteroatoms. The molecular formula is C7H8F7NO3S.